The van der Waals surface area contributed by atoms with Crippen molar-refractivity contribution in [1.82, 2.24) is 9.88 Å². The summed E-state index contributed by atoms with van der Waals surface area (Å²) in [6.45, 7) is 4.29. The Hall–Kier alpha value is -0.490. The quantitative estimate of drug-likeness (QED) is 0.655. The van der Waals surface area contributed by atoms with Crippen molar-refractivity contribution in [3.8, 4) is 0 Å². The predicted octanol–water partition coefficient (Wildman–Crippen LogP) is 2.33. The highest BCUT2D eigenvalue weighted by Crippen LogP contribution is 2.09. The van der Waals surface area contributed by atoms with E-state index in [4.69, 9.17) is 9.47 Å². The minimum Gasteiger partial charge on any atom is -0.385 e. The van der Waals surface area contributed by atoms with Gasteiger partial charge in [0, 0.05) is 51.1 Å². The summed E-state index contributed by atoms with van der Waals surface area (Å²) in [4.78, 5) is 6.73. The third-order valence-electron chi connectivity index (χ3n) is 2.61. The summed E-state index contributed by atoms with van der Waals surface area (Å²) >= 11 is 3.39. The maximum Gasteiger partial charge on any atom is 0.0589 e. The van der Waals surface area contributed by atoms with Crippen LogP contribution in [0.15, 0.2) is 22.8 Å². The highest BCUT2D eigenvalue weighted by molar-refractivity contribution is 9.10. The molecule has 0 atom stereocenters. The highest BCUT2D eigenvalue weighted by Gasteiger charge is 2.06. The van der Waals surface area contributed by atoms with Crippen LogP contribution >= 0.6 is 15.9 Å². The van der Waals surface area contributed by atoms with Crippen LogP contribution in [-0.4, -0.2) is 50.4 Å². The summed E-state index contributed by atoms with van der Waals surface area (Å²) in [6.07, 6.45) is 2.86. The molecule has 0 saturated carbocycles. The molecule has 4 nitrogen and oxygen atoms in total. The Bertz CT molecular complexity index is 319. The van der Waals surface area contributed by atoms with Gasteiger partial charge in [0.25, 0.3) is 0 Å². The van der Waals surface area contributed by atoms with Crippen molar-refractivity contribution in [1.29, 1.82) is 0 Å². The lowest BCUT2D eigenvalue weighted by Gasteiger charge is -2.21. The molecule has 1 aromatic rings. The van der Waals surface area contributed by atoms with Gasteiger partial charge >= 0.3 is 0 Å². The predicted molar refractivity (Wildman–Crippen MR) is 75.6 cm³/mol. The Labute approximate surface area is 117 Å². The maximum atomic E-state index is 5.13. The second kappa shape index (κ2) is 9.44. The van der Waals surface area contributed by atoms with Gasteiger partial charge in [-0.1, -0.05) is 0 Å². The lowest BCUT2D eigenvalue weighted by molar-refractivity contribution is 0.128. The number of nitrogens with zero attached hydrogens (tertiary/aromatic N) is 2. The molecule has 0 unspecified atom stereocenters. The van der Waals surface area contributed by atoms with E-state index in [1.165, 1.54) is 0 Å². The molecule has 1 aromatic heterocycles. The van der Waals surface area contributed by atoms with E-state index in [9.17, 15) is 0 Å². The van der Waals surface area contributed by atoms with E-state index in [1.54, 1.807) is 14.2 Å². The molecule has 0 radical (unpaired) electrons. The minimum atomic E-state index is 0.740. The van der Waals surface area contributed by atoms with Crippen LogP contribution in [0.1, 0.15) is 12.1 Å². The number of pyridine rings is 1. The SMILES string of the molecule is COCCCN(CCOC)Cc1ccc(Br)cn1. The van der Waals surface area contributed by atoms with Crippen molar-refractivity contribution in [2.45, 2.75) is 13.0 Å². The summed E-state index contributed by atoms with van der Waals surface area (Å²) in [6, 6.07) is 4.06. The zero-order chi connectivity index (χ0) is 13.2. The van der Waals surface area contributed by atoms with Gasteiger partial charge in [0.15, 0.2) is 0 Å². The van der Waals surface area contributed by atoms with Crippen molar-refractivity contribution >= 4 is 15.9 Å². The molecule has 0 amide bonds. The van der Waals surface area contributed by atoms with Crippen molar-refractivity contribution in [3.05, 3.63) is 28.5 Å². The number of rotatable bonds is 9. The van der Waals surface area contributed by atoms with Crippen LogP contribution in [0.25, 0.3) is 0 Å². The Balaban J connectivity index is 2.45. The molecule has 0 aliphatic rings. The molecule has 0 saturated heterocycles. The second-order valence-electron chi connectivity index (χ2n) is 4.08. The lowest BCUT2D eigenvalue weighted by Crippen LogP contribution is -2.29. The molecule has 0 N–H and O–H groups in total. The summed E-state index contributed by atoms with van der Waals surface area (Å²) < 4.78 is 11.2. The Kier molecular flexibility index (Phi) is 8.17. The number of aromatic nitrogens is 1. The number of methoxy groups -OCH3 is 2. The van der Waals surface area contributed by atoms with E-state index in [1.807, 2.05) is 18.3 Å². The van der Waals surface area contributed by atoms with Crippen LogP contribution < -0.4 is 0 Å². The monoisotopic (exact) mass is 316 g/mol. The molecule has 1 heterocycles. The largest absolute Gasteiger partial charge is 0.385 e. The Morgan fingerprint density at radius 3 is 2.56 bits per heavy atom. The topological polar surface area (TPSA) is 34.6 Å². The first-order valence-corrected chi connectivity index (χ1v) is 6.86. The minimum absolute atomic E-state index is 0.740. The molecule has 0 spiro atoms. The van der Waals surface area contributed by atoms with Crippen molar-refractivity contribution < 1.29 is 9.47 Å². The summed E-state index contributed by atoms with van der Waals surface area (Å²) in [7, 11) is 3.46. The van der Waals surface area contributed by atoms with E-state index < -0.39 is 0 Å². The van der Waals surface area contributed by atoms with E-state index >= 15 is 0 Å². The van der Waals surface area contributed by atoms with Crippen molar-refractivity contribution in [2.75, 3.05) is 40.5 Å². The first-order valence-electron chi connectivity index (χ1n) is 6.07. The van der Waals surface area contributed by atoms with Gasteiger partial charge in [-0.2, -0.15) is 0 Å². The van der Waals surface area contributed by atoms with E-state index in [0.29, 0.717) is 0 Å². The second-order valence-corrected chi connectivity index (χ2v) is 5.00. The summed E-state index contributed by atoms with van der Waals surface area (Å²) in [5, 5.41) is 0. The number of hydrogen-bond donors (Lipinski definition) is 0. The number of hydrogen-bond acceptors (Lipinski definition) is 4. The molecule has 0 fully saturated rings. The van der Waals surface area contributed by atoms with Crippen LogP contribution in [-0.2, 0) is 16.0 Å². The number of ether oxygens (including phenoxy) is 2. The van der Waals surface area contributed by atoms with Gasteiger partial charge < -0.3 is 9.47 Å². The van der Waals surface area contributed by atoms with Gasteiger partial charge in [0.05, 0.1) is 12.3 Å². The standard InChI is InChI=1S/C13H21BrN2O2/c1-17-8-3-6-16(7-9-18-2)11-13-5-4-12(14)10-15-13/h4-5,10H,3,6-9,11H2,1-2H3. The van der Waals surface area contributed by atoms with E-state index in [-0.39, 0.29) is 0 Å². The van der Waals surface area contributed by atoms with Crippen molar-refractivity contribution in [3.63, 3.8) is 0 Å². The first kappa shape index (κ1) is 15.6. The third kappa shape index (κ3) is 6.44. The molecule has 18 heavy (non-hydrogen) atoms. The van der Waals surface area contributed by atoms with Crippen LogP contribution in [0, 0.1) is 0 Å². The van der Waals surface area contributed by atoms with Crippen LogP contribution in [0.3, 0.4) is 0 Å². The number of halogens is 1. The normalized spacial score (nSPS) is 11.1. The molecule has 0 aliphatic carbocycles. The molecular weight excluding hydrogens is 296 g/mol. The molecule has 0 bridgehead atoms. The van der Waals surface area contributed by atoms with E-state index in [0.717, 1.165) is 49.4 Å². The van der Waals surface area contributed by atoms with Crippen LogP contribution in [0.5, 0.6) is 0 Å². The fourth-order valence-corrected chi connectivity index (χ4v) is 1.89. The maximum absolute atomic E-state index is 5.13. The zero-order valence-corrected chi connectivity index (χ0v) is 12.6. The Morgan fingerprint density at radius 2 is 1.94 bits per heavy atom. The first-order chi connectivity index (χ1) is 8.76. The van der Waals surface area contributed by atoms with Gasteiger partial charge in [0.1, 0.15) is 0 Å². The molecular formula is C13H21BrN2O2. The third-order valence-corrected chi connectivity index (χ3v) is 3.08. The summed E-state index contributed by atoms with van der Waals surface area (Å²) in [5.41, 5.74) is 1.08. The Morgan fingerprint density at radius 1 is 1.17 bits per heavy atom. The van der Waals surface area contributed by atoms with Gasteiger partial charge in [-0.25, -0.2) is 0 Å². The van der Waals surface area contributed by atoms with Gasteiger partial charge in [0.2, 0.25) is 0 Å². The molecule has 102 valence electrons. The molecule has 0 aliphatic heterocycles. The average molecular weight is 317 g/mol. The van der Waals surface area contributed by atoms with E-state index in [2.05, 4.69) is 25.8 Å². The van der Waals surface area contributed by atoms with Gasteiger partial charge in [-0.15, -0.1) is 0 Å². The van der Waals surface area contributed by atoms with Crippen LogP contribution in [0.2, 0.25) is 0 Å². The smallest absolute Gasteiger partial charge is 0.0589 e. The highest BCUT2D eigenvalue weighted by atomic mass is 79.9. The fraction of sp³-hybridized carbons (Fsp3) is 0.615. The van der Waals surface area contributed by atoms with Gasteiger partial charge in [-0.3, -0.25) is 9.88 Å². The van der Waals surface area contributed by atoms with Crippen molar-refractivity contribution in [2.24, 2.45) is 0 Å². The molecule has 1 rings (SSSR count). The fourth-order valence-electron chi connectivity index (χ4n) is 1.65. The van der Waals surface area contributed by atoms with Crippen LogP contribution in [0.4, 0.5) is 0 Å². The molecule has 0 aromatic carbocycles. The average Bonchev–Trinajstić information content (AvgIpc) is 2.38. The summed E-state index contributed by atoms with van der Waals surface area (Å²) in [5.74, 6) is 0. The molecule has 5 heteroatoms. The van der Waals surface area contributed by atoms with Gasteiger partial charge in [-0.05, 0) is 34.5 Å². The lowest BCUT2D eigenvalue weighted by atomic mass is 10.3. The zero-order valence-electron chi connectivity index (χ0n) is 11.1.